The Hall–Kier alpha value is -3.84. The molecule has 7 heteroatoms. The van der Waals surface area contributed by atoms with E-state index in [1.54, 1.807) is 0 Å². The Kier molecular flexibility index (Phi) is 9.02. The average Bonchev–Trinajstić information content (AvgIpc) is 3.27. The number of carbonyl (C=O) groups excluding carboxylic acids is 1. The van der Waals surface area contributed by atoms with E-state index in [9.17, 15) is 14.7 Å². The zero-order chi connectivity index (χ0) is 27.1. The Morgan fingerprint density at radius 1 is 0.763 bits per heavy atom. The van der Waals surface area contributed by atoms with Crippen molar-refractivity contribution in [3.05, 3.63) is 71.4 Å². The van der Waals surface area contributed by atoms with Crippen molar-refractivity contribution in [1.29, 1.82) is 0 Å². The molecule has 38 heavy (non-hydrogen) atoms. The van der Waals surface area contributed by atoms with Gasteiger partial charge in [-0.25, -0.2) is 9.97 Å². The quantitative estimate of drug-likeness (QED) is 0.159. The van der Waals surface area contributed by atoms with Gasteiger partial charge in [0.2, 0.25) is 0 Å². The predicted molar refractivity (Wildman–Crippen MR) is 149 cm³/mol. The number of carboxylic acids is 1. The average molecular weight is 514 g/mol. The molecule has 0 bridgehead atoms. The van der Waals surface area contributed by atoms with Gasteiger partial charge in [0.05, 0.1) is 17.0 Å². The molecular weight excluding hydrogens is 478 g/mol. The molecule has 0 aliphatic rings. The lowest BCUT2D eigenvalue weighted by molar-refractivity contribution is -0.137. The van der Waals surface area contributed by atoms with E-state index >= 15 is 0 Å². The summed E-state index contributed by atoms with van der Waals surface area (Å²) in [5.74, 6) is -0.827. The molecule has 2 aromatic heterocycles. The minimum Gasteiger partial charge on any atom is -0.481 e. The van der Waals surface area contributed by atoms with Crippen LogP contribution in [0.15, 0.2) is 54.7 Å². The second-order valence-electron chi connectivity index (χ2n) is 9.87. The Bertz CT molecular complexity index is 1410. The van der Waals surface area contributed by atoms with E-state index in [0.29, 0.717) is 36.1 Å². The van der Waals surface area contributed by atoms with Crippen molar-refractivity contribution < 1.29 is 19.8 Å². The number of aliphatic hydroxyl groups is 1. The smallest absolute Gasteiger partial charge is 0.303 e. The summed E-state index contributed by atoms with van der Waals surface area (Å²) in [6, 6.07) is 16.4. The van der Waals surface area contributed by atoms with Crippen LogP contribution in [0.2, 0.25) is 0 Å². The molecule has 0 fully saturated rings. The Morgan fingerprint density at radius 2 is 1.34 bits per heavy atom. The maximum Gasteiger partial charge on any atom is 0.303 e. The molecule has 0 atom stereocenters. The van der Waals surface area contributed by atoms with Crippen LogP contribution in [0.5, 0.6) is 0 Å². The molecule has 0 radical (unpaired) electrons. The summed E-state index contributed by atoms with van der Waals surface area (Å²) in [6.07, 6.45) is 5.90. The van der Waals surface area contributed by atoms with Gasteiger partial charge in [-0.1, -0.05) is 72.5 Å². The number of hydrogen-bond donors (Lipinski definition) is 2. The highest BCUT2D eigenvalue weighted by molar-refractivity contribution is 6.06. The monoisotopic (exact) mass is 513 g/mol. The van der Waals surface area contributed by atoms with Crippen molar-refractivity contribution in [3.63, 3.8) is 0 Å². The zero-order valence-electron chi connectivity index (χ0n) is 22.1. The fourth-order valence-corrected chi connectivity index (χ4v) is 4.57. The van der Waals surface area contributed by atoms with Gasteiger partial charge >= 0.3 is 5.97 Å². The Labute approximate surface area is 223 Å². The number of Topliss-reactive ketones (excluding diaryl/α,β-unsaturated/α-hetero) is 1. The van der Waals surface area contributed by atoms with Crippen molar-refractivity contribution in [2.24, 2.45) is 0 Å². The van der Waals surface area contributed by atoms with E-state index in [0.717, 1.165) is 52.9 Å². The second-order valence-corrected chi connectivity index (χ2v) is 9.87. The molecule has 7 nitrogen and oxygen atoms in total. The van der Waals surface area contributed by atoms with Crippen LogP contribution in [0.1, 0.15) is 66.4 Å². The maximum atomic E-state index is 13.1. The highest BCUT2D eigenvalue weighted by Crippen LogP contribution is 2.33. The van der Waals surface area contributed by atoms with Gasteiger partial charge in [0.25, 0.3) is 0 Å². The van der Waals surface area contributed by atoms with Gasteiger partial charge in [0.1, 0.15) is 5.52 Å². The van der Waals surface area contributed by atoms with Crippen LogP contribution in [-0.4, -0.2) is 43.1 Å². The summed E-state index contributed by atoms with van der Waals surface area (Å²) < 4.78 is 2.00. The molecule has 4 aromatic rings. The number of rotatable bonds is 13. The van der Waals surface area contributed by atoms with Gasteiger partial charge < -0.3 is 14.8 Å². The van der Waals surface area contributed by atoms with Gasteiger partial charge in [-0.05, 0) is 33.1 Å². The summed E-state index contributed by atoms with van der Waals surface area (Å²) in [4.78, 5) is 34.1. The third-order valence-electron chi connectivity index (χ3n) is 6.74. The van der Waals surface area contributed by atoms with Gasteiger partial charge in [-0.2, -0.15) is 0 Å². The number of unbranched alkanes of at least 4 members (excludes halogenated alkanes) is 3. The first-order valence-corrected chi connectivity index (χ1v) is 13.3. The molecule has 0 amide bonds. The number of carbonyl (C=O) groups is 2. The third-order valence-corrected chi connectivity index (χ3v) is 6.74. The number of aliphatic carboxylic acids is 1. The van der Waals surface area contributed by atoms with Crippen LogP contribution in [0.25, 0.3) is 33.7 Å². The summed E-state index contributed by atoms with van der Waals surface area (Å²) in [5, 5.41) is 18.1. The van der Waals surface area contributed by atoms with Crippen LogP contribution in [-0.2, 0) is 11.3 Å². The van der Waals surface area contributed by atoms with Crippen LogP contribution in [0.4, 0.5) is 0 Å². The number of aromatic nitrogens is 3. The SMILES string of the molecule is Cc1ccc(-c2nc3c(C(=O)CCCO)cn(CCCCCCC(=O)O)c3nc2-c2ccc(C)cc2)cc1. The highest BCUT2D eigenvalue weighted by Gasteiger charge is 2.21. The van der Waals surface area contributed by atoms with Crippen molar-refractivity contribution in [3.8, 4) is 22.5 Å². The lowest BCUT2D eigenvalue weighted by Gasteiger charge is -2.12. The maximum absolute atomic E-state index is 13.1. The molecule has 0 spiro atoms. The van der Waals surface area contributed by atoms with E-state index in [2.05, 4.69) is 12.1 Å². The van der Waals surface area contributed by atoms with Crippen molar-refractivity contribution in [2.45, 2.75) is 65.3 Å². The van der Waals surface area contributed by atoms with E-state index in [4.69, 9.17) is 15.1 Å². The van der Waals surface area contributed by atoms with Crippen molar-refractivity contribution in [2.75, 3.05) is 6.61 Å². The number of hydrogen-bond acceptors (Lipinski definition) is 5. The third kappa shape index (κ3) is 6.53. The van der Waals surface area contributed by atoms with E-state index < -0.39 is 5.97 Å². The van der Waals surface area contributed by atoms with Gasteiger partial charge in [0.15, 0.2) is 11.4 Å². The van der Waals surface area contributed by atoms with Gasteiger partial charge in [0, 0.05) is 43.3 Å². The predicted octanol–water partition coefficient (Wildman–Crippen LogP) is 6.37. The van der Waals surface area contributed by atoms with E-state index in [-0.39, 0.29) is 25.2 Å². The molecule has 0 saturated heterocycles. The molecular formula is C31H35N3O4. The summed E-state index contributed by atoms with van der Waals surface area (Å²) in [6.45, 7) is 4.70. The van der Waals surface area contributed by atoms with Crippen LogP contribution < -0.4 is 0 Å². The number of aliphatic hydroxyl groups excluding tert-OH is 1. The fourth-order valence-electron chi connectivity index (χ4n) is 4.57. The Morgan fingerprint density at radius 3 is 1.92 bits per heavy atom. The van der Waals surface area contributed by atoms with Crippen molar-refractivity contribution in [1.82, 2.24) is 14.5 Å². The molecule has 2 N–H and O–H groups in total. The van der Waals surface area contributed by atoms with Gasteiger partial charge in [-0.3, -0.25) is 9.59 Å². The number of ketones is 1. The highest BCUT2D eigenvalue weighted by atomic mass is 16.4. The number of fused-ring (bicyclic) bond motifs is 1. The minimum absolute atomic E-state index is 0.0431. The van der Waals surface area contributed by atoms with Crippen LogP contribution >= 0.6 is 0 Å². The summed E-state index contributed by atoms with van der Waals surface area (Å²) in [7, 11) is 0. The van der Waals surface area contributed by atoms with E-state index in [1.165, 1.54) is 0 Å². The second kappa shape index (κ2) is 12.6. The first-order valence-electron chi connectivity index (χ1n) is 13.3. The topological polar surface area (TPSA) is 105 Å². The number of carboxylic acid groups (broad SMARTS) is 1. The largest absolute Gasteiger partial charge is 0.481 e. The molecule has 2 heterocycles. The van der Waals surface area contributed by atoms with Crippen molar-refractivity contribution >= 4 is 22.9 Å². The number of nitrogens with zero attached hydrogens (tertiary/aromatic N) is 3. The number of aryl methyl sites for hydroxylation is 3. The molecule has 0 saturated carbocycles. The Balaban J connectivity index is 1.79. The number of benzene rings is 2. The van der Waals surface area contributed by atoms with Crippen LogP contribution in [0, 0.1) is 13.8 Å². The lowest BCUT2D eigenvalue weighted by Crippen LogP contribution is -2.02. The first-order chi connectivity index (χ1) is 18.4. The molecule has 0 aliphatic carbocycles. The fraction of sp³-hybridized carbons (Fsp3) is 0.355. The summed E-state index contributed by atoms with van der Waals surface area (Å²) in [5.41, 5.74) is 7.43. The molecule has 0 unspecified atom stereocenters. The summed E-state index contributed by atoms with van der Waals surface area (Å²) >= 11 is 0. The molecule has 4 rings (SSSR count). The molecule has 0 aliphatic heterocycles. The van der Waals surface area contributed by atoms with E-state index in [1.807, 2.05) is 61.0 Å². The van der Waals surface area contributed by atoms with Gasteiger partial charge in [-0.15, -0.1) is 0 Å². The standard InChI is InChI=1S/C31H35N3O4/c1-21-10-14-23(15-11-21)28-29(24-16-12-22(2)13-17-24)33-31-30(32-28)25(26(36)8-7-19-35)20-34(31)18-6-4-3-5-9-27(37)38/h10-17,20,35H,3-9,18-19H2,1-2H3,(H,37,38). The minimum atomic E-state index is -0.768. The zero-order valence-corrected chi connectivity index (χ0v) is 22.1. The first kappa shape index (κ1) is 27.2. The normalized spacial score (nSPS) is 11.2. The van der Waals surface area contributed by atoms with Crippen LogP contribution in [0.3, 0.4) is 0 Å². The molecule has 198 valence electrons. The molecule has 2 aromatic carbocycles. The lowest BCUT2D eigenvalue weighted by atomic mass is 10.0.